The van der Waals surface area contributed by atoms with E-state index >= 15 is 0 Å². The van der Waals surface area contributed by atoms with Gasteiger partial charge in [-0.2, -0.15) is 0 Å². The zero-order valence-electron chi connectivity index (χ0n) is 9.59. The second-order valence-corrected chi connectivity index (χ2v) is 3.61. The zero-order chi connectivity index (χ0) is 11.3. The lowest BCUT2D eigenvalue weighted by molar-refractivity contribution is 0.0593. The van der Waals surface area contributed by atoms with Crippen molar-refractivity contribution in [2.75, 3.05) is 7.11 Å². The van der Waals surface area contributed by atoms with Crippen LogP contribution in [0.15, 0.2) is 0 Å². The summed E-state index contributed by atoms with van der Waals surface area (Å²) in [6.07, 6.45) is 4.37. The lowest BCUT2D eigenvalue weighted by Crippen LogP contribution is -2.03. The maximum atomic E-state index is 11.3. The van der Waals surface area contributed by atoms with Crippen LogP contribution < -0.4 is 0 Å². The summed E-state index contributed by atoms with van der Waals surface area (Å²) in [5.74, 6) is 0.506. The standard InChI is InChI=1S/C11H18N2O2/c1-4-5-6-7-9-12-8(2)10(13-9)11(14)15-3/h4-7H2,1-3H3,(H,12,13). The molecular formula is C11H18N2O2. The predicted octanol–water partition coefficient (Wildman–Crippen LogP) is 2.24. The molecule has 1 heterocycles. The van der Waals surface area contributed by atoms with Crippen molar-refractivity contribution in [1.29, 1.82) is 0 Å². The van der Waals surface area contributed by atoms with Crippen molar-refractivity contribution in [2.24, 2.45) is 0 Å². The molecule has 0 bridgehead atoms. The smallest absolute Gasteiger partial charge is 0.358 e. The summed E-state index contributed by atoms with van der Waals surface area (Å²) in [6.45, 7) is 4.00. The van der Waals surface area contributed by atoms with E-state index in [2.05, 4.69) is 21.6 Å². The van der Waals surface area contributed by atoms with Crippen molar-refractivity contribution in [3.8, 4) is 0 Å². The summed E-state index contributed by atoms with van der Waals surface area (Å²) in [5.41, 5.74) is 1.19. The van der Waals surface area contributed by atoms with Gasteiger partial charge in [0.15, 0.2) is 5.69 Å². The highest BCUT2D eigenvalue weighted by Gasteiger charge is 2.14. The molecule has 4 heteroatoms. The van der Waals surface area contributed by atoms with Crippen molar-refractivity contribution in [2.45, 2.75) is 39.5 Å². The van der Waals surface area contributed by atoms with E-state index in [1.54, 1.807) is 0 Å². The van der Waals surface area contributed by atoms with Crippen molar-refractivity contribution in [3.05, 3.63) is 17.2 Å². The van der Waals surface area contributed by atoms with Gasteiger partial charge in [-0.15, -0.1) is 0 Å². The molecule has 0 aliphatic rings. The fraction of sp³-hybridized carbons (Fsp3) is 0.636. The van der Waals surface area contributed by atoms with E-state index in [1.807, 2.05) is 6.92 Å². The summed E-state index contributed by atoms with van der Waals surface area (Å²) in [5, 5.41) is 0. The molecule has 0 fully saturated rings. The van der Waals surface area contributed by atoms with Gasteiger partial charge >= 0.3 is 5.97 Å². The van der Waals surface area contributed by atoms with Crippen LogP contribution in [0.2, 0.25) is 0 Å². The first-order chi connectivity index (χ1) is 7.19. The van der Waals surface area contributed by atoms with Crippen LogP contribution in [0.5, 0.6) is 0 Å². The van der Waals surface area contributed by atoms with Gasteiger partial charge < -0.3 is 9.72 Å². The highest BCUT2D eigenvalue weighted by Crippen LogP contribution is 2.09. The Kier molecular flexibility index (Phi) is 4.34. The third kappa shape index (κ3) is 3.08. The number of nitrogens with zero attached hydrogens (tertiary/aromatic N) is 1. The van der Waals surface area contributed by atoms with Crippen LogP contribution in [0.4, 0.5) is 0 Å². The summed E-state index contributed by atoms with van der Waals surface area (Å²) >= 11 is 0. The topological polar surface area (TPSA) is 55.0 Å². The minimum Gasteiger partial charge on any atom is -0.464 e. The number of esters is 1. The number of hydrogen-bond donors (Lipinski definition) is 1. The fourth-order valence-corrected chi connectivity index (χ4v) is 1.48. The highest BCUT2D eigenvalue weighted by atomic mass is 16.5. The van der Waals surface area contributed by atoms with E-state index in [-0.39, 0.29) is 5.97 Å². The van der Waals surface area contributed by atoms with Crippen LogP contribution in [0.1, 0.15) is 48.2 Å². The summed E-state index contributed by atoms with van der Waals surface area (Å²) in [7, 11) is 1.37. The van der Waals surface area contributed by atoms with E-state index in [0.717, 1.165) is 24.4 Å². The highest BCUT2D eigenvalue weighted by molar-refractivity contribution is 5.88. The number of nitrogens with one attached hydrogen (secondary N) is 1. The minimum absolute atomic E-state index is 0.370. The van der Waals surface area contributed by atoms with Gasteiger partial charge in [0.1, 0.15) is 5.82 Å². The quantitative estimate of drug-likeness (QED) is 0.599. The van der Waals surface area contributed by atoms with Crippen LogP contribution in [0.3, 0.4) is 0 Å². The largest absolute Gasteiger partial charge is 0.464 e. The van der Waals surface area contributed by atoms with Gasteiger partial charge in [0.25, 0.3) is 0 Å². The monoisotopic (exact) mass is 210 g/mol. The first-order valence-electron chi connectivity index (χ1n) is 5.32. The lowest BCUT2D eigenvalue weighted by Gasteiger charge is -1.94. The Hall–Kier alpha value is -1.32. The van der Waals surface area contributed by atoms with Crippen LogP contribution >= 0.6 is 0 Å². The van der Waals surface area contributed by atoms with Crippen LogP contribution in [0, 0.1) is 6.92 Å². The normalized spacial score (nSPS) is 10.3. The minimum atomic E-state index is -0.370. The number of carbonyl (C=O) groups excluding carboxylic acids is 1. The molecule has 4 nitrogen and oxygen atoms in total. The molecule has 0 unspecified atom stereocenters. The first-order valence-corrected chi connectivity index (χ1v) is 5.32. The molecule has 1 aromatic rings. The van der Waals surface area contributed by atoms with Gasteiger partial charge in [-0.25, -0.2) is 9.78 Å². The molecule has 1 N–H and O–H groups in total. The molecule has 1 rings (SSSR count). The third-order valence-electron chi connectivity index (χ3n) is 2.33. The molecule has 0 radical (unpaired) electrons. The molecule has 0 aromatic carbocycles. The Balaban J connectivity index is 2.64. The molecule has 0 aliphatic heterocycles. The second kappa shape index (κ2) is 5.53. The number of carbonyl (C=O) groups is 1. The Labute approximate surface area is 90.1 Å². The summed E-state index contributed by atoms with van der Waals surface area (Å²) in [6, 6.07) is 0. The number of hydrogen-bond acceptors (Lipinski definition) is 3. The maximum Gasteiger partial charge on any atom is 0.358 e. The SMILES string of the molecule is CCCCCc1nc(C(=O)OC)c(C)[nH]1. The van der Waals surface area contributed by atoms with E-state index in [1.165, 1.54) is 20.0 Å². The number of rotatable bonds is 5. The van der Waals surface area contributed by atoms with Crippen molar-refractivity contribution in [1.82, 2.24) is 9.97 Å². The number of ether oxygens (including phenoxy) is 1. The molecule has 0 spiro atoms. The zero-order valence-corrected chi connectivity index (χ0v) is 9.59. The summed E-state index contributed by atoms with van der Waals surface area (Å²) in [4.78, 5) is 18.6. The van der Waals surface area contributed by atoms with Gasteiger partial charge in [0.2, 0.25) is 0 Å². The number of imidazole rings is 1. The maximum absolute atomic E-state index is 11.3. The Morgan fingerprint density at radius 1 is 1.47 bits per heavy atom. The van der Waals surface area contributed by atoms with Gasteiger partial charge in [-0.05, 0) is 13.3 Å². The molecule has 1 aromatic heterocycles. The van der Waals surface area contributed by atoms with Crippen LogP contribution in [-0.2, 0) is 11.2 Å². The molecule has 84 valence electrons. The van der Waals surface area contributed by atoms with Gasteiger partial charge in [-0.3, -0.25) is 0 Å². The molecular weight excluding hydrogens is 192 g/mol. The van der Waals surface area contributed by atoms with Crippen molar-refractivity contribution < 1.29 is 9.53 Å². The molecule has 0 saturated heterocycles. The van der Waals surface area contributed by atoms with E-state index in [9.17, 15) is 4.79 Å². The Morgan fingerprint density at radius 3 is 2.80 bits per heavy atom. The molecule has 0 aliphatic carbocycles. The number of unbranched alkanes of at least 4 members (excludes halogenated alkanes) is 2. The van der Waals surface area contributed by atoms with Crippen molar-refractivity contribution >= 4 is 5.97 Å². The van der Waals surface area contributed by atoms with Crippen LogP contribution in [0.25, 0.3) is 0 Å². The predicted molar refractivity (Wildman–Crippen MR) is 57.9 cm³/mol. The molecule has 0 atom stereocenters. The number of H-pyrrole nitrogens is 1. The average Bonchev–Trinajstić information content (AvgIpc) is 2.59. The Morgan fingerprint density at radius 2 is 2.20 bits per heavy atom. The first kappa shape index (κ1) is 11.8. The summed E-state index contributed by atoms with van der Waals surface area (Å²) < 4.78 is 4.63. The number of aromatic nitrogens is 2. The average molecular weight is 210 g/mol. The van der Waals surface area contributed by atoms with Gasteiger partial charge in [-0.1, -0.05) is 19.8 Å². The fourth-order valence-electron chi connectivity index (χ4n) is 1.48. The molecule has 0 amide bonds. The Bertz CT molecular complexity index is 331. The number of aromatic amines is 1. The van der Waals surface area contributed by atoms with Gasteiger partial charge in [0, 0.05) is 12.1 Å². The number of methoxy groups -OCH3 is 1. The van der Waals surface area contributed by atoms with Crippen molar-refractivity contribution in [3.63, 3.8) is 0 Å². The number of aryl methyl sites for hydroxylation is 2. The molecule has 0 saturated carbocycles. The third-order valence-corrected chi connectivity index (χ3v) is 2.33. The lowest BCUT2D eigenvalue weighted by atomic mass is 10.2. The van der Waals surface area contributed by atoms with Gasteiger partial charge in [0.05, 0.1) is 7.11 Å². The van der Waals surface area contributed by atoms with E-state index in [0.29, 0.717) is 5.69 Å². The van der Waals surface area contributed by atoms with E-state index < -0.39 is 0 Å². The van der Waals surface area contributed by atoms with Crippen LogP contribution in [-0.4, -0.2) is 23.0 Å². The van der Waals surface area contributed by atoms with E-state index in [4.69, 9.17) is 0 Å². The molecule has 15 heavy (non-hydrogen) atoms. The second-order valence-electron chi connectivity index (χ2n) is 3.61.